The molecule has 2 rings (SSSR count). The van der Waals surface area contributed by atoms with Gasteiger partial charge in [-0.3, -0.25) is 4.90 Å². The zero-order valence-corrected chi connectivity index (χ0v) is 13.9. The van der Waals surface area contributed by atoms with Gasteiger partial charge in [0.2, 0.25) is 0 Å². The van der Waals surface area contributed by atoms with Crippen LogP contribution in [0.3, 0.4) is 0 Å². The molecule has 0 saturated carbocycles. The summed E-state index contributed by atoms with van der Waals surface area (Å²) < 4.78 is 11.7. The first kappa shape index (κ1) is 15.8. The van der Waals surface area contributed by atoms with E-state index in [1.807, 2.05) is 0 Å². The zero-order chi connectivity index (χ0) is 14.7. The second kappa shape index (κ2) is 6.89. The fraction of sp³-hybridized carbons (Fsp3) is 0.600. The molecule has 0 bridgehead atoms. The SMILES string of the molecule is COCc1cc(OC)c(Br)cc1C1CC(CN)CN1C. The van der Waals surface area contributed by atoms with Gasteiger partial charge in [-0.05, 0) is 65.1 Å². The van der Waals surface area contributed by atoms with Crippen molar-refractivity contribution in [2.24, 2.45) is 11.7 Å². The Hall–Kier alpha value is -0.620. The minimum atomic E-state index is 0.399. The molecule has 20 heavy (non-hydrogen) atoms. The number of hydrogen-bond donors (Lipinski definition) is 1. The molecule has 2 unspecified atom stereocenters. The Bertz CT molecular complexity index is 467. The summed E-state index contributed by atoms with van der Waals surface area (Å²) in [5.74, 6) is 1.41. The molecule has 1 fully saturated rings. The molecule has 0 amide bonds. The van der Waals surface area contributed by atoms with Crippen LogP contribution in [0.4, 0.5) is 0 Å². The first-order chi connectivity index (χ1) is 9.60. The normalized spacial score (nSPS) is 23.2. The third kappa shape index (κ3) is 3.17. The van der Waals surface area contributed by atoms with Crippen molar-refractivity contribution in [2.45, 2.75) is 19.1 Å². The number of ether oxygens (including phenoxy) is 2. The Morgan fingerprint density at radius 1 is 1.40 bits per heavy atom. The lowest BCUT2D eigenvalue weighted by atomic mass is 9.95. The van der Waals surface area contributed by atoms with Crippen LogP contribution < -0.4 is 10.5 Å². The molecule has 0 aliphatic carbocycles. The van der Waals surface area contributed by atoms with E-state index in [1.165, 1.54) is 11.1 Å². The number of methoxy groups -OCH3 is 2. The van der Waals surface area contributed by atoms with Crippen LogP contribution >= 0.6 is 15.9 Å². The molecular formula is C15H23BrN2O2. The fourth-order valence-corrected chi connectivity index (χ4v) is 3.52. The van der Waals surface area contributed by atoms with Gasteiger partial charge in [0.15, 0.2) is 0 Å². The van der Waals surface area contributed by atoms with E-state index >= 15 is 0 Å². The van der Waals surface area contributed by atoms with E-state index in [9.17, 15) is 0 Å². The number of rotatable bonds is 5. The quantitative estimate of drug-likeness (QED) is 0.893. The van der Waals surface area contributed by atoms with Gasteiger partial charge in [-0.15, -0.1) is 0 Å². The number of nitrogens with zero attached hydrogens (tertiary/aromatic N) is 1. The summed E-state index contributed by atoms with van der Waals surface area (Å²) in [6.07, 6.45) is 1.10. The highest BCUT2D eigenvalue weighted by atomic mass is 79.9. The Kier molecular flexibility index (Phi) is 5.43. The molecule has 1 heterocycles. The van der Waals surface area contributed by atoms with Crippen molar-refractivity contribution in [2.75, 3.05) is 34.4 Å². The second-order valence-electron chi connectivity index (χ2n) is 5.41. The summed E-state index contributed by atoms with van der Waals surface area (Å²) >= 11 is 3.58. The van der Waals surface area contributed by atoms with Gasteiger partial charge in [0.05, 0.1) is 18.2 Å². The van der Waals surface area contributed by atoms with E-state index in [2.05, 4.69) is 40.0 Å². The number of halogens is 1. The minimum Gasteiger partial charge on any atom is -0.496 e. The lowest BCUT2D eigenvalue weighted by Crippen LogP contribution is -2.21. The largest absolute Gasteiger partial charge is 0.496 e. The average Bonchev–Trinajstić information content (AvgIpc) is 2.81. The number of nitrogens with two attached hydrogens (primary N) is 1. The lowest BCUT2D eigenvalue weighted by Gasteiger charge is -2.23. The molecular weight excluding hydrogens is 320 g/mol. The topological polar surface area (TPSA) is 47.7 Å². The maximum atomic E-state index is 5.83. The van der Waals surface area contributed by atoms with Gasteiger partial charge in [0.1, 0.15) is 5.75 Å². The van der Waals surface area contributed by atoms with Crippen LogP contribution in [-0.2, 0) is 11.3 Å². The van der Waals surface area contributed by atoms with Gasteiger partial charge in [0.25, 0.3) is 0 Å². The van der Waals surface area contributed by atoms with E-state index in [0.717, 1.165) is 29.7 Å². The number of benzene rings is 1. The first-order valence-corrected chi connectivity index (χ1v) is 7.65. The molecule has 1 saturated heterocycles. The van der Waals surface area contributed by atoms with Crippen LogP contribution in [0.5, 0.6) is 5.75 Å². The summed E-state index contributed by atoms with van der Waals surface area (Å²) in [4.78, 5) is 2.38. The van der Waals surface area contributed by atoms with Gasteiger partial charge < -0.3 is 15.2 Å². The summed E-state index contributed by atoms with van der Waals surface area (Å²) in [5.41, 5.74) is 8.31. The van der Waals surface area contributed by atoms with Crippen LogP contribution in [0.2, 0.25) is 0 Å². The molecule has 2 N–H and O–H groups in total. The molecule has 112 valence electrons. The molecule has 0 spiro atoms. The van der Waals surface area contributed by atoms with Gasteiger partial charge in [-0.2, -0.15) is 0 Å². The summed E-state index contributed by atoms with van der Waals surface area (Å²) in [5, 5.41) is 0. The molecule has 4 nitrogen and oxygen atoms in total. The molecule has 1 aliphatic heterocycles. The summed E-state index contributed by atoms with van der Waals surface area (Å²) in [6.45, 7) is 2.39. The van der Waals surface area contributed by atoms with Gasteiger partial charge in [-0.25, -0.2) is 0 Å². The first-order valence-electron chi connectivity index (χ1n) is 6.86. The van der Waals surface area contributed by atoms with Crippen LogP contribution in [0.25, 0.3) is 0 Å². The van der Waals surface area contributed by atoms with Crippen LogP contribution in [0.15, 0.2) is 16.6 Å². The van der Waals surface area contributed by atoms with Crippen molar-refractivity contribution in [3.05, 3.63) is 27.7 Å². The minimum absolute atomic E-state index is 0.399. The third-order valence-electron chi connectivity index (χ3n) is 4.04. The van der Waals surface area contributed by atoms with Gasteiger partial charge >= 0.3 is 0 Å². The molecule has 5 heteroatoms. The van der Waals surface area contributed by atoms with Crippen LogP contribution in [-0.4, -0.2) is 39.3 Å². The van der Waals surface area contributed by atoms with E-state index < -0.39 is 0 Å². The standard InChI is InChI=1S/C15H23BrN2O2/c1-18-8-10(7-17)4-14(18)12-6-13(16)15(20-3)5-11(12)9-19-2/h5-6,10,14H,4,7-9,17H2,1-3H3. The van der Waals surface area contributed by atoms with Crippen molar-refractivity contribution >= 4 is 15.9 Å². The van der Waals surface area contributed by atoms with E-state index in [0.29, 0.717) is 18.6 Å². The van der Waals surface area contributed by atoms with E-state index in [4.69, 9.17) is 15.2 Å². The molecule has 2 atom stereocenters. The van der Waals surface area contributed by atoms with Gasteiger partial charge in [0, 0.05) is 19.7 Å². The molecule has 1 aliphatic rings. The Labute approximate surface area is 129 Å². The van der Waals surface area contributed by atoms with Crippen LogP contribution in [0, 0.1) is 5.92 Å². The molecule has 1 aromatic rings. The summed E-state index contributed by atoms with van der Waals surface area (Å²) in [6, 6.07) is 4.62. The molecule has 0 aromatic heterocycles. The van der Waals surface area contributed by atoms with Crippen molar-refractivity contribution in [1.82, 2.24) is 4.90 Å². The van der Waals surface area contributed by atoms with E-state index in [-0.39, 0.29) is 0 Å². The maximum absolute atomic E-state index is 5.83. The fourth-order valence-electron chi connectivity index (χ4n) is 3.00. The maximum Gasteiger partial charge on any atom is 0.133 e. The Morgan fingerprint density at radius 3 is 2.70 bits per heavy atom. The predicted molar refractivity (Wildman–Crippen MR) is 83.9 cm³/mol. The number of hydrogen-bond acceptors (Lipinski definition) is 4. The highest BCUT2D eigenvalue weighted by Gasteiger charge is 2.31. The smallest absolute Gasteiger partial charge is 0.133 e. The highest BCUT2D eigenvalue weighted by Crippen LogP contribution is 2.39. The highest BCUT2D eigenvalue weighted by molar-refractivity contribution is 9.10. The van der Waals surface area contributed by atoms with Gasteiger partial charge in [-0.1, -0.05) is 0 Å². The monoisotopic (exact) mass is 342 g/mol. The second-order valence-corrected chi connectivity index (χ2v) is 6.27. The Balaban J connectivity index is 2.36. The van der Waals surface area contributed by atoms with Crippen molar-refractivity contribution in [1.29, 1.82) is 0 Å². The predicted octanol–water partition coefficient (Wildman–Crippen LogP) is 2.56. The third-order valence-corrected chi connectivity index (χ3v) is 4.66. The average molecular weight is 343 g/mol. The summed E-state index contributed by atoms with van der Waals surface area (Å²) in [7, 11) is 5.57. The van der Waals surface area contributed by atoms with Crippen molar-refractivity contribution < 1.29 is 9.47 Å². The van der Waals surface area contributed by atoms with Crippen molar-refractivity contribution in [3.8, 4) is 5.75 Å². The van der Waals surface area contributed by atoms with E-state index in [1.54, 1.807) is 14.2 Å². The number of likely N-dealkylation sites (tertiary alicyclic amines) is 1. The lowest BCUT2D eigenvalue weighted by molar-refractivity contribution is 0.181. The van der Waals surface area contributed by atoms with Crippen LogP contribution in [0.1, 0.15) is 23.6 Å². The molecule has 1 aromatic carbocycles. The van der Waals surface area contributed by atoms with Crippen molar-refractivity contribution in [3.63, 3.8) is 0 Å². The zero-order valence-electron chi connectivity index (χ0n) is 12.4. The molecule has 0 radical (unpaired) electrons. The Morgan fingerprint density at radius 2 is 2.15 bits per heavy atom.